The number of rotatable bonds is 5. The summed E-state index contributed by atoms with van der Waals surface area (Å²) in [6.07, 6.45) is 0. The van der Waals surface area contributed by atoms with E-state index in [1.54, 1.807) is 11.4 Å². The minimum absolute atomic E-state index is 0.223. The van der Waals surface area contributed by atoms with Crippen molar-refractivity contribution in [3.63, 3.8) is 0 Å². The molecule has 3 rings (SSSR count). The van der Waals surface area contributed by atoms with Gasteiger partial charge in [0, 0.05) is 6.54 Å². The fraction of sp³-hybridized carbons (Fsp3) is 0.176. The SMILES string of the molecule is CCOc1cccc(CNC(=O)c2c(O)c3sccc3[nH]c2=O)c1. The van der Waals surface area contributed by atoms with Crippen LogP contribution >= 0.6 is 11.3 Å². The molecule has 124 valence electrons. The quantitative estimate of drug-likeness (QED) is 0.663. The number of hydrogen-bond donors (Lipinski definition) is 3. The molecule has 2 aromatic heterocycles. The number of benzene rings is 1. The number of H-pyrrole nitrogens is 1. The van der Waals surface area contributed by atoms with Crippen LogP contribution in [0.4, 0.5) is 0 Å². The summed E-state index contributed by atoms with van der Waals surface area (Å²) in [5, 5.41) is 14.6. The molecule has 24 heavy (non-hydrogen) atoms. The number of thiophene rings is 1. The zero-order valence-electron chi connectivity index (χ0n) is 13.0. The van der Waals surface area contributed by atoms with Crippen molar-refractivity contribution in [2.75, 3.05) is 6.61 Å². The van der Waals surface area contributed by atoms with Crippen LogP contribution in [0.25, 0.3) is 10.2 Å². The molecule has 0 atom stereocenters. The van der Waals surface area contributed by atoms with E-state index in [2.05, 4.69) is 10.3 Å². The molecule has 2 heterocycles. The van der Waals surface area contributed by atoms with Gasteiger partial charge in [0.2, 0.25) is 0 Å². The molecule has 0 aliphatic carbocycles. The van der Waals surface area contributed by atoms with Crippen molar-refractivity contribution in [1.82, 2.24) is 10.3 Å². The van der Waals surface area contributed by atoms with Crippen LogP contribution in [0.15, 0.2) is 40.5 Å². The van der Waals surface area contributed by atoms with Crippen LogP contribution < -0.4 is 15.6 Å². The van der Waals surface area contributed by atoms with Gasteiger partial charge in [-0.05, 0) is 36.1 Å². The minimum Gasteiger partial charge on any atom is -0.505 e. The Bertz CT molecular complexity index is 945. The molecular weight excluding hydrogens is 328 g/mol. The van der Waals surface area contributed by atoms with E-state index in [0.717, 1.165) is 5.56 Å². The van der Waals surface area contributed by atoms with Crippen molar-refractivity contribution in [2.24, 2.45) is 0 Å². The fourth-order valence-corrected chi connectivity index (χ4v) is 3.19. The van der Waals surface area contributed by atoms with Gasteiger partial charge in [-0.1, -0.05) is 12.1 Å². The molecule has 0 bridgehead atoms. The van der Waals surface area contributed by atoms with Crippen molar-refractivity contribution < 1.29 is 14.6 Å². The number of carbonyl (C=O) groups excluding carboxylic acids is 1. The van der Waals surface area contributed by atoms with Crippen molar-refractivity contribution in [1.29, 1.82) is 0 Å². The number of fused-ring (bicyclic) bond motifs is 1. The first-order valence-electron chi connectivity index (χ1n) is 7.42. The number of ether oxygens (including phenoxy) is 1. The van der Waals surface area contributed by atoms with Gasteiger partial charge < -0.3 is 20.1 Å². The molecule has 0 saturated heterocycles. The predicted octanol–water partition coefficient (Wildman–Crippen LogP) is 2.62. The summed E-state index contributed by atoms with van der Waals surface area (Å²) in [5.74, 6) is -0.194. The van der Waals surface area contributed by atoms with Crippen LogP contribution in [-0.4, -0.2) is 22.6 Å². The summed E-state index contributed by atoms with van der Waals surface area (Å²) >= 11 is 1.26. The molecule has 1 aromatic carbocycles. The first kappa shape index (κ1) is 16.1. The summed E-state index contributed by atoms with van der Waals surface area (Å²) < 4.78 is 5.89. The lowest BCUT2D eigenvalue weighted by Crippen LogP contribution is -2.29. The van der Waals surface area contributed by atoms with Crippen LogP contribution in [0.1, 0.15) is 22.8 Å². The van der Waals surface area contributed by atoms with Gasteiger partial charge >= 0.3 is 0 Å². The standard InChI is InChI=1S/C17H16N2O4S/c1-2-23-11-5-3-4-10(8-11)9-18-16(21)13-14(20)15-12(6-7-24-15)19-17(13)22/h3-8H,2,9H2,1H3,(H,18,21)(H2,19,20,22). The zero-order chi connectivity index (χ0) is 17.1. The van der Waals surface area contributed by atoms with Gasteiger partial charge in [-0.15, -0.1) is 11.3 Å². The molecule has 0 saturated carbocycles. The number of pyridine rings is 1. The smallest absolute Gasteiger partial charge is 0.265 e. The second kappa shape index (κ2) is 6.76. The highest BCUT2D eigenvalue weighted by atomic mass is 32.1. The van der Waals surface area contributed by atoms with Gasteiger partial charge in [-0.25, -0.2) is 0 Å². The summed E-state index contributed by atoms with van der Waals surface area (Å²) in [6, 6.07) is 9.00. The molecule has 1 amide bonds. The number of nitrogens with one attached hydrogen (secondary N) is 2. The van der Waals surface area contributed by atoms with Crippen LogP contribution in [0.2, 0.25) is 0 Å². The van der Waals surface area contributed by atoms with Crippen LogP contribution in [0, 0.1) is 0 Å². The average Bonchev–Trinajstić information content (AvgIpc) is 3.02. The van der Waals surface area contributed by atoms with E-state index in [1.165, 1.54) is 11.3 Å². The molecule has 0 fully saturated rings. The van der Waals surface area contributed by atoms with Gasteiger partial charge in [0.05, 0.1) is 16.8 Å². The molecule has 0 radical (unpaired) electrons. The topological polar surface area (TPSA) is 91.4 Å². The van der Waals surface area contributed by atoms with Crippen LogP contribution in [0.5, 0.6) is 11.5 Å². The van der Waals surface area contributed by atoms with Crippen LogP contribution in [-0.2, 0) is 6.54 Å². The lowest BCUT2D eigenvalue weighted by molar-refractivity contribution is 0.0947. The number of hydrogen-bond acceptors (Lipinski definition) is 5. The van der Waals surface area contributed by atoms with E-state index in [1.807, 2.05) is 31.2 Å². The van der Waals surface area contributed by atoms with Crippen molar-refractivity contribution in [3.05, 3.63) is 57.2 Å². The Morgan fingerprint density at radius 3 is 3.00 bits per heavy atom. The van der Waals surface area contributed by atoms with E-state index < -0.39 is 11.5 Å². The summed E-state index contributed by atoms with van der Waals surface area (Å²) in [5.41, 5.74) is 0.468. The summed E-state index contributed by atoms with van der Waals surface area (Å²) in [6.45, 7) is 2.67. The van der Waals surface area contributed by atoms with E-state index in [9.17, 15) is 14.7 Å². The van der Waals surface area contributed by atoms with Gasteiger partial charge in [0.15, 0.2) is 5.75 Å². The highest BCUT2D eigenvalue weighted by Crippen LogP contribution is 2.29. The molecule has 3 aromatic rings. The van der Waals surface area contributed by atoms with Crippen LogP contribution in [0.3, 0.4) is 0 Å². The van der Waals surface area contributed by atoms with E-state index in [0.29, 0.717) is 22.6 Å². The number of carbonyl (C=O) groups is 1. The Morgan fingerprint density at radius 1 is 1.38 bits per heavy atom. The first-order valence-corrected chi connectivity index (χ1v) is 8.30. The third kappa shape index (κ3) is 3.11. The third-order valence-corrected chi connectivity index (χ3v) is 4.40. The average molecular weight is 344 g/mol. The van der Waals surface area contributed by atoms with Crippen molar-refractivity contribution >= 4 is 27.5 Å². The zero-order valence-corrected chi connectivity index (χ0v) is 13.8. The third-order valence-electron chi connectivity index (χ3n) is 3.48. The molecule has 3 N–H and O–H groups in total. The normalized spacial score (nSPS) is 10.7. The number of aromatic nitrogens is 1. The highest BCUT2D eigenvalue weighted by Gasteiger charge is 2.19. The van der Waals surface area contributed by atoms with Crippen molar-refractivity contribution in [2.45, 2.75) is 13.5 Å². The predicted molar refractivity (Wildman–Crippen MR) is 92.9 cm³/mol. The number of aromatic hydroxyl groups is 1. The maximum atomic E-state index is 12.3. The fourth-order valence-electron chi connectivity index (χ4n) is 2.39. The second-order valence-corrected chi connectivity index (χ2v) is 6.02. The lowest BCUT2D eigenvalue weighted by Gasteiger charge is -2.08. The Morgan fingerprint density at radius 2 is 2.21 bits per heavy atom. The Labute approximate surface area is 141 Å². The second-order valence-electron chi connectivity index (χ2n) is 5.10. The summed E-state index contributed by atoms with van der Waals surface area (Å²) in [4.78, 5) is 27.0. The Kier molecular flexibility index (Phi) is 4.52. The van der Waals surface area contributed by atoms with E-state index >= 15 is 0 Å². The largest absolute Gasteiger partial charge is 0.505 e. The monoisotopic (exact) mass is 344 g/mol. The Hall–Kier alpha value is -2.80. The molecular formula is C17H16N2O4S. The van der Waals surface area contributed by atoms with E-state index in [-0.39, 0.29) is 17.9 Å². The van der Waals surface area contributed by atoms with Crippen molar-refractivity contribution in [3.8, 4) is 11.5 Å². The first-order chi connectivity index (χ1) is 11.6. The molecule has 7 heteroatoms. The minimum atomic E-state index is -0.620. The molecule has 6 nitrogen and oxygen atoms in total. The molecule has 0 aliphatic heterocycles. The van der Waals surface area contributed by atoms with Gasteiger partial charge in [-0.2, -0.15) is 0 Å². The lowest BCUT2D eigenvalue weighted by atomic mass is 10.2. The number of amides is 1. The highest BCUT2D eigenvalue weighted by molar-refractivity contribution is 7.17. The maximum Gasteiger partial charge on any atom is 0.265 e. The van der Waals surface area contributed by atoms with E-state index in [4.69, 9.17) is 4.74 Å². The molecule has 0 spiro atoms. The molecule has 0 unspecified atom stereocenters. The number of aromatic amines is 1. The molecule has 0 aliphatic rings. The van der Waals surface area contributed by atoms with Gasteiger partial charge in [0.25, 0.3) is 11.5 Å². The Balaban J connectivity index is 1.80. The van der Waals surface area contributed by atoms with Gasteiger partial charge in [0.1, 0.15) is 11.3 Å². The maximum absolute atomic E-state index is 12.3. The summed E-state index contributed by atoms with van der Waals surface area (Å²) in [7, 11) is 0. The van der Waals surface area contributed by atoms with Gasteiger partial charge in [-0.3, -0.25) is 9.59 Å².